The van der Waals surface area contributed by atoms with E-state index in [1.807, 2.05) is 0 Å². The summed E-state index contributed by atoms with van der Waals surface area (Å²) in [6.45, 7) is 0. The standard InChI is InChI=1S/3C6H10O8.3Ca/c3*7-1(3(9)5(11)12)2(8)4(10)6(13)14;;;/h3*1-4,7-10H,(H,11,12)(H,13,14);;;/q;;;3*+2/p-6/t3*1-,2+,3-,4-;;;/m100.../s1. The van der Waals surface area contributed by atoms with Gasteiger partial charge >= 0.3 is 113 Å². The molecule has 27 heteroatoms. The van der Waals surface area contributed by atoms with Gasteiger partial charge in [-0.2, -0.15) is 0 Å². The average Bonchev–Trinajstić information content (AvgIpc) is 2.92. The first kappa shape index (κ1) is 57.4. The van der Waals surface area contributed by atoms with Gasteiger partial charge < -0.3 is 121 Å². The van der Waals surface area contributed by atoms with Crippen LogP contribution in [-0.2, 0) is 28.8 Å². The third-order valence-corrected chi connectivity index (χ3v) is 4.44. The number of carbonyl (C=O) groups excluding carboxylic acids is 6. The molecular formula is C18H24Ca3O24. The van der Waals surface area contributed by atoms with E-state index in [4.69, 9.17) is 61.3 Å². The van der Waals surface area contributed by atoms with E-state index >= 15 is 0 Å². The first-order chi connectivity index (χ1) is 18.9. The molecule has 0 aliphatic rings. The minimum Gasteiger partial charge on any atom is -0.547 e. The summed E-state index contributed by atoms with van der Waals surface area (Å²) < 4.78 is 0. The fourth-order valence-corrected chi connectivity index (χ4v) is 1.96. The summed E-state index contributed by atoms with van der Waals surface area (Å²) in [5, 5.41) is 164. The Morgan fingerprint density at radius 2 is 0.333 bits per heavy atom. The minimum absolute atomic E-state index is 0. The molecule has 0 aliphatic carbocycles. The fraction of sp³-hybridized carbons (Fsp3) is 0.667. The Labute approximate surface area is 339 Å². The van der Waals surface area contributed by atoms with Gasteiger partial charge in [0.25, 0.3) is 0 Å². The largest absolute Gasteiger partial charge is 2.00 e. The summed E-state index contributed by atoms with van der Waals surface area (Å²) in [5.41, 5.74) is 0. The van der Waals surface area contributed by atoms with Crippen LogP contribution in [0.1, 0.15) is 0 Å². The van der Waals surface area contributed by atoms with Gasteiger partial charge in [-0.3, -0.25) is 0 Å². The summed E-state index contributed by atoms with van der Waals surface area (Å²) in [6, 6.07) is 0. The third-order valence-electron chi connectivity index (χ3n) is 4.44. The van der Waals surface area contributed by atoms with Crippen LogP contribution in [0.5, 0.6) is 0 Å². The van der Waals surface area contributed by atoms with Gasteiger partial charge in [-0.25, -0.2) is 0 Å². The molecule has 0 unspecified atom stereocenters. The summed E-state index contributed by atoms with van der Waals surface area (Å²) >= 11 is 0. The molecule has 0 aromatic carbocycles. The van der Waals surface area contributed by atoms with Crippen LogP contribution in [0.25, 0.3) is 0 Å². The SMILES string of the molecule is O=C([O-])[C@@H](O)[C@H](O)[C@H](O)[C@H](O)C(=O)[O-].O=C([O-])[C@@H](O)[C@H](O)[C@H](O)[C@H](O)C(=O)[O-].O=C([O-])[C@H](O)[C@H](O)[C@H](O)[C@@H](O)C(=O)[O-].[Ca+2].[Ca+2].[Ca+2]. The van der Waals surface area contributed by atoms with Gasteiger partial charge in [0.1, 0.15) is 73.2 Å². The van der Waals surface area contributed by atoms with Crippen LogP contribution in [0.15, 0.2) is 0 Å². The molecule has 0 rings (SSSR count). The maximum atomic E-state index is 9.96. The van der Waals surface area contributed by atoms with Crippen molar-refractivity contribution in [3.63, 3.8) is 0 Å². The second kappa shape index (κ2) is 28.0. The molecule has 0 aromatic heterocycles. The van der Waals surface area contributed by atoms with Gasteiger partial charge in [-0.05, 0) is 0 Å². The second-order valence-corrected chi connectivity index (χ2v) is 7.53. The number of carboxylic acids is 6. The zero-order valence-electron chi connectivity index (χ0n) is 22.3. The van der Waals surface area contributed by atoms with Crippen LogP contribution >= 0.6 is 0 Å². The van der Waals surface area contributed by atoms with Crippen molar-refractivity contribution in [2.75, 3.05) is 0 Å². The van der Waals surface area contributed by atoms with Crippen LogP contribution in [0.2, 0.25) is 0 Å². The predicted molar refractivity (Wildman–Crippen MR) is 119 cm³/mol. The topological polar surface area (TPSA) is 484 Å². The fourth-order valence-electron chi connectivity index (χ4n) is 1.96. The Morgan fingerprint density at radius 1 is 0.267 bits per heavy atom. The van der Waals surface area contributed by atoms with Gasteiger partial charge in [0.05, 0.1) is 35.8 Å². The van der Waals surface area contributed by atoms with Crippen molar-refractivity contribution in [3.05, 3.63) is 0 Å². The van der Waals surface area contributed by atoms with Crippen molar-refractivity contribution < 1.29 is 121 Å². The molecule has 0 fully saturated rings. The van der Waals surface area contributed by atoms with Crippen LogP contribution < -0.4 is 30.6 Å². The van der Waals surface area contributed by atoms with Gasteiger partial charge in [0.2, 0.25) is 0 Å². The van der Waals surface area contributed by atoms with E-state index < -0.39 is 109 Å². The molecule has 0 heterocycles. The monoisotopic (exact) mass is 744 g/mol. The molecule has 0 saturated heterocycles. The smallest absolute Gasteiger partial charge is 0.547 e. The second-order valence-electron chi connectivity index (χ2n) is 7.53. The van der Waals surface area contributed by atoms with Crippen molar-refractivity contribution >= 4 is 149 Å². The zero-order chi connectivity index (χ0) is 34.4. The van der Waals surface area contributed by atoms with E-state index in [9.17, 15) is 59.4 Å². The Hall–Kier alpha value is 0.119. The van der Waals surface area contributed by atoms with E-state index in [1.54, 1.807) is 0 Å². The van der Waals surface area contributed by atoms with Crippen LogP contribution in [-0.4, -0.2) is 284 Å². The summed E-state index contributed by atoms with van der Waals surface area (Å²) in [6.07, 6.45) is -29.3. The van der Waals surface area contributed by atoms with E-state index in [0.717, 1.165) is 0 Å². The quantitative estimate of drug-likeness (QED) is 0.0692. The summed E-state index contributed by atoms with van der Waals surface area (Å²) in [7, 11) is 0. The number of carboxylic acid groups (broad SMARTS) is 6. The predicted octanol–water partition coefficient (Wildman–Crippen LogP) is -19.4. The van der Waals surface area contributed by atoms with Crippen LogP contribution in [0.4, 0.5) is 0 Å². The molecule has 12 atom stereocenters. The molecule has 0 bridgehead atoms. The van der Waals surface area contributed by atoms with Crippen molar-refractivity contribution in [1.82, 2.24) is 0 Å². The number of aliphatic hydroxyl groups excluding tert-OH is 12. The first-order valence-electron chi connectivity index (χ1n) is 10.3. The van der Waals surface area contributed by atoms with E-state index in [2.05, 4.69) is 0 Å². The number of carbonyl (C=O) groups is 6. The number of hydrogen-bond donors (Lipinski definition) is 12. The number of aliphatic carboxylic acids is 6. The van der Waals surface area contributed by atoms with Crippen molar-refractivity contribution in [2.45, 2.75) is 73.2 Å². The van der Waals surface area contributed by atoms with E-state index in [0.29, 0.717) is 0 Å². The number of hydrogen-bond acceptors (Lipinski definition) is 24. The molecule has 0 saturated carbocycles. The zero-order valence-corrected chi connectivity index (χ0v) is 28.9. The number of aliphatic hydroxyl groups is 12. The Balaban J connectivity index is -0.000000123. The maximum absolute atomic E-state index is 9.96. The Bertz CT molecular complexity index is 736. The summed E-state index contributed by atoms with van der Waals surface area (Å²) in [5.74, 6) is -12.7. The molecule has 45 heavy (non-hydrogen) atoms. The molecule has 12 N–H and O–H groups in total. The number of rotatable bonds is 15. The van der Waals surface area contributed by atoms with Crippen molar-refractivity contribution in [2.24, 2.45) is 0 Å². The minimum atomic E-state index is -2.50. The Kier molecular flexibility index (Phi) is 35.7. The van der Waals surface area contributed by atoms with Crippen molar-refractivity contribution in [1.29, 1.82) is 0 Å². The van der Waals surface area contributed by atoms with E-state index in [1.165, 1.54) is 0 Å². The maximum Gasteiger partial charge on any atom is 2.00 e. The molecule has 0 aromatic rings. The Morgan fingerprint density at radius 3 is 0.378 bits per heavy atom. The average molecular weight is 745 g/mol. The van der Waals surface area contributed by atoms with E-state index in [-0.39, 0.29) is 113 Å². The van der Waals surface area contributed by atoms with Gasteiger partial charge in [0, 0.05) is 0 Å². The molecular weight excluding hydrogens is 720 g/mol. The molecule has 0 aliphatic heterocycles. The van der Waals surface area contributed by atoms with Crippen LogP contribution in [0, 0.1) is 0 Å². The van der Waals surface area contributed by atoms with Crippen molar-refractivity contribution in [3.8, 4) is 0 Å². The third kappa shape index (κ3) is 21.7. The molecule has 246 valence electrons. The van der Waals surface area contributed by atoms with Crippen LogP contribution in [0.3, 0.4) is 0 Å². The van der Waals surface area contributed by atoms with Gasteiger partial charge in [-0.15, -0.1) is 0 Å². The molecule has 0 spiro atoms. The molecule has 0 amide bonds. The molecule has 0 radical (unpaired) electrons. The normalized spacial score (nSPS) is 18.1. The van der Waals surface area contributed by atoms with Gasteiger partial charge in [0.15, 0.2) is 0 Å². The molecule has 24 nitrogen and oxygen atoms in total. The summed E-state index contributed by atoms with van der Waals surface area (Å²) in [4.78, 5) is 59.8. The van der Waals surface area contributed by atoms with Gasteiger partial charge in [-0.1, -0.05) is 0 Å². The first-order valence-corrected chi connectivity index (χ1v) is 10.3.